The molecule has 2 rings (SSSR count). The molecule has 126 valence electrons. The SMILES string of the molecule is Cc1noc(CCN=C(N)NC(C)c2ccc(Cl)cc2Cl)n1.I. The van der Waals surface area contributed by atoms with E-state index in [4.69, 9.17) is 33.5 Å². The lowest BCUT2D eigenvalue weighted by atomic mass is 10.1. The van der Waals surface area contributed by atoms with Crippen LogP contribution in [0.15, 0.2) is 27.7 Å². The van der Waals surface area contributed by atoms with Gasteiger partial charge in [0.1, 0.15) is 0 Å². The maximum absolute atomic E-state index is 6.16. The number of nitrogens with two attached hydrogens (primary N) is 1. The third-order valence-electron chi connectivity index (χ3n) is 2.97. The molecule has 0 radical (unpaired) electrons. The van der Waals surface area contributed by atoms with Crippen molar-refractivity contribution in [3.8, 4) is 0 Å². The van der Waals surface area contributed by atoms with E-state index in [0.29, 0.717) is 40.7 Å². The molecule has 0 saturated carbocycles. The van der Waals surface area contributed by atoms with Crippen LogP contribution in [0, 0.1) is 6.92 Å². The molecule has 0 saturated heterocycles. The van der Waals surface area contributed by atoms with Crippen molar-refractivity contribution >= 4 is 53.1 Å². The monoisotopic (exact) mass is 469 g/mol. The van der Waals surface area contributed by atoms with Gasteiger partial charge in [-0.25, -0.2) is 0 Å². The van der Waals surface area contributed by atoms with Gasteiger partial charge in [0.2, 0.25) is 5.89 Å². The van der Waals surface area contributed by atoms with Crippen LogP contribution in [0.2, 0.25) is 10.0 Å². The predicted octanol–water partition coefficient (Wildman–Crippen LogP) is 3.51. The molecular formula is C14H18Cl2IN5O. The summed E-state index contributed by atoms with van der Waals surface area (Å²) >= 11 is 12.0. The summed E-state index contributed by atoms with van der Waals surface area (Å²) in [4.78, 5) is 8.33. The van der Waals surface area contributed by atoms with Crippen LogP contribution in [0.5, 0.6) is 0 Å². The summed E-state index contributed by atoms with van der Waals surface area (Å²) < 4.78 is 5.00. The van der Waals surface area contributed by atoms with Gasteiger partial charge in [0.25, 0.3) is 0 Å². The molecule has 9 heteroatoms. The Kier molecular flexibility index (Phi) is 8.07. The largest absolute Gasteiger partial charge is 0.370 e. The normalized spacial score (nSPS) is 12.6. The van der Waals surface area contributed by atoms with Crippen molar-refractivity contribution in [2.45, 2.75) is 26.3 Å². The Balaban J connectivity index is 0.00000264. The molecule has 0 aliphatic rings. The molecule has 0 aliphatic heterocycles. The van der Waals surface area contributed by atoms with Gasteiger partial charge in [-0.3, -0.25) is 4.99 Å². The van der Waals surface area contributed by atoms with Crippen LogP contribution in [0.3, 0.4) is 0 Å². The van der Waals surface area contributed by atoms with Crippen LogP contribution in [0.4, 0.5) is 0 Å². The third-order valence-corrected chi connectivity index (χ3v) is 3.53. The van der Waals surface area contributed by atoms with Crippen molar-refractivity contribution in [2.24, 2.45) is 10.7 Å². The summed E-state index contributed by atoms with van der Waals surface area (Å²) in [6.45, 7) is 4.17. The van der Waals surface area contributed by atoms with E-state index in [-0.39, 0.29) is 30.0 Å². The van der Waals surface area contributed by atoms with Crippen molar-refractivity contribution in [1.82, 2.24) is 15.5 Å². The fourth-order valence-corrected chi connectivity index (χ4v) is 2.48. The molecule has 23 heavy (non-hydrogen) atoms. The first kappa shape index (κ1) is 20.0. The smallest absolute Gasteiger partial charge is 0.228 e. The number of aliphatic imine (C=N–C) groups is 1. The number of halogens is 3. The lowest BCUT2D eigenvalue weighted by Gasteiger charge is -2.16. The van der Waals surface area contributed by atoms with E-state index in [9.17, 15) is 0 Å². The first-order chi connectivity index (χ1) is 10.5. The Morgan fingerprint density at radius 2 is 2.17 bits per heavy atom. The van der Waals surface area contributed by atoms with Crippen LogP contribution < -0.4 is 11.1 Å². The van der Waals surface area contributed by atoms with Crippen LogP contribution in [0.1, 0.15) is 30.2 Å². The topological polar surface area (TPSA) is 89.3 Å². The molecule has 1 unspecified atom stereocenters. The van der Waals surface area contributed by atoms with Crippen molar-refractivity contribution in [3.63, 3.8) is 0 Å². The van der Waals surface area contributed by atoms with Gasteiger partial charge >= 0.3 is 0 Å². The molecule has 1 heterocycles. The lowest BCUT2D eigenvalue weighted by Crippen LogP contribution is -2.34. The molecule has 1 aromatic heterocycles. The van der Waals surface area contributed by atoms with Crippen LogP contribution in [-0.2, 0) is 6.42 Å². The van der Waals surface area contributed by atoms with Gasteiger partial charge in [-0.05, 0) is 31.5 Å². The minimum absolute atomic E-state index is 0. The second-order valence-electron chi connectivity index (χ2n) is 4.78. The Morgan fingerprint density at radius 1 is 1.43 bits per heavy atom. The van der Waals surface area contributed by atoms with Crippen molar-refractivity contribution in [2.75, 3.05) is 6.54 Å². The summed E-state index contributed by atoms with van der Waals surface area (Å²) in [7, 11) is 0. The quantitative estimate of drug-likeness (QED) is 0.397. The number of guanidine groups is 1. The Labute approximate surface area is 161 Å². The van der Waals surface area contributed by atoms with E-state index < -0.39 is 0 Å². The van der Waals surface area contributed by atoms with Gasteiger partial charge in [-0.1, -0.05) is 34.4 Å². The fourth-order valence-electron chi connectivity index (χ4n) is 1.91. The first-order valence-corrected chi connectivity index (χ1v) is 7.52. The molecule has 0 amide bonds. The number of aryl methyl sites for hydroxylation is 1. The molecule has 6 nitrogen and oxygen atoms in total. The third kappa shape index (κ3) is 6.15. The van der Waals surface area contributed by atoms with E-state index in [2.05, 4.69) is 20.4 Å². The molecule has 0 fully saturated rings. The van der Waals surface area contributed by atoms with Crippen molar-refractivity contribution in [1.29, 1.82) is 0 Å². The van der Waals surface area contributed by atoms with Crippen molar-refractivity contribution in [3.05, 3.63) is 45.5 Å². The zero-order valence-corrected chi connectivity index (χ0v) is 16.6. The summed E-state index contributed by atoms with van der Waals surface area (Å²) in [6.07, 6.45) is 0.541. The van der Waals surface area contributed by atoms with Gasteiger partial charge in [0, 0.05) is 16.5 Å². The van der Waals surface area contributed by atoms with Gasteiger partial charge in [-0.2, -0.15) is 4.98 Å². The highest BCUT2D eigenvalue weighted by Crippen LogP contribution is 2.25. The summed E-state index contributed by atoms with van der Waals surface area (Å²) in [6, 6.07) is 5.25. The van der Waals surface area contributed by atoms with Gasteiger partial charge < -0.3 is 15.6 Å². The van der Waals surface area contributed by atoms with Crippen LogP contribution >= 0.6 is 47.2 Å². The highest BCUT2D eigenvalue weighted by atomic mass is 127. The van der Waals surface area contributed by atoms with Crippen LogP contribution in [-0.4, -0.2) is 22.6 Å². The number of aromatic nitrogens is 2. The maximum atomic E-state index is 6.16. The maximum Gasteiger partial charge on any atom is 0.228 e. The average molecular weight is 470 g/mol. The number of nitrogens with one attached hydrogen (secondary N) is 1. The predicted molar refractivity (Wildman–Crippen MR) is 103 cm³/mol. The Hall–Kier alpha value is -1.06. The zero-order chi connectivity index (χ0) is 16.1. The average Bonchev–Trinajstić information content (AvgIpc) is 2.84. The number of hydrogen-bond donors (Lipinski definition) is 2. The second-order valence-corrected chi connectivity index (χ2v) is 5.63. The number of benzene rings is 1. The molecular weight excluding hydrogens is 452 g/mol. The first-order valence-electron chi connectivity index (χ1n) is 6.76. The molecule has 3 N–H and O–H groups in total. The van der Waals surface area contributed by atoms with E-state index in [0.717, 1.165) is 5.56 Å². The number of rotatable bonds is 5. The van der Waals surface area contributed by atoms with E-state index in [1.165, 1.54) is 0 Å². The Bertz CT molecular complexity index is 677. The molecule has 1 atom stereocenters. The highest BCUT2D eigenvalue weighted by molar-refractivity contribution is 14.0. The molecule has 1 aromatic carbocycles. The van der Waals surface area contributed by atoms with Gasteiger partial charge in [0.15, 0.2) is 11.8 Å². The summed E-state index contributed by atoms with van der Waals surface area (Å²) in [5.41, 5.74) is 6.76. The fraction of sp³-hybridized carbons (Fsp3) is 0.357. The lowest BCUT2D eigenvalue weighted by molar-refractivity contribution is 0.376. The number of hydrogen-bond acceptors (Lipinski definition) is 4. The van der Waals surface area contributed by atoms with Crippen molar-refractivity contribution < 1.29 is 4.52 Å². The van der Waals surface area contributed by atoms with E-state index >= 15 is 0 Å². The molecule has 2 aromatic rings. The van der Waals surface area contributed by atoms with E-state index in [1.807, 2.05) is 13.0 Å². The second kappa shape index (κ2) is 9.29. The van der Waals surface area contributed by atoms with E-state index in [1.54, 1.807) is 19.1 Å². The Morgan fingerprint density at radius 3 is 2.78 bits per heavy atom. The van der Waals surface area contributed by atoms with Crippen LogP contribution in [0.25, 0.3) is 0 Å². The summed E-state index contributed by atoms with van der Waals surface area (Å²) in [5.74, 6) is 1.48. The molecule has 0 aliphatic carbocycles. The molecule has 0 spiro atoms. The van der Waals surface area contributed by atoms with Gasteiger partial charge in [-0.15, -0.1) is 24.0 Å². The minimum atomic E-state index is -0.0841. The summed E-state index contributed by atoms with van der Waals surface area (Å²) in [5, 5.41) is 7.97. The van der Waals surface area contributed by atoms with Gasteiger partial charge in [0.05, 0.1) is 12.6 Å². The zero-order valence-electron chi connectivity index (χ0n) is 12.7. The minimum Gasteiger partial charge on any atom is -0.370 e. The highest BCUT2D eigenvalue weighted by Gasteiger charge is 2.10. The number of nitrogens with zero attached hydrogens (tertiary/aromatic N) is 3. The standard InChI is InChI=1S/C14H17Cl2N5O.HI/c1-8(11-4-3-10(15)7-12(11)16)19-14(17)18-6-5-13-20-9(2)21-22-13;/h3-4,7-8H,5-6H2,1-2H3,(H3,17,18,19);1H. The molecule has 0 bridgehead atoms.